The quantitative estimate of drug-likeness (QED) is 0.386. The fourth-order valence-corrected chi connectivity index (χ4v) is 0.313. The molecule has 0 spiro atoms. The molecule has 8 heavy (non-hydrogen) atoms. The summed E-state index contributed by atoms with van der Waals surface area (Å²) in [6.07, 6.45) is 4.42. The van der Waals surface area contributed by atoms with Crippen LogP contribution in [0.3, 0.4) is 0 Å². The van der Waals surface area contributed by atoms with E-state index < -0.39 is 0 Å². The van der Waals surface area contributed by atoms with Gasteiger partial charge in [-0.05, 0) is 13.0 Å². The Hall–Kier alpha value is -1.07. The molecule has 0 amide bonds. The molecule has 0 atom stereocenters. The molecule has 0 rings (SSSR count). The van der Waals surface area contributed by atoms with Crippen LogP contribution in [-0.2, 0) is 4.79 Å². The van der Waals surface area contributed by atoms with Crippen molar-refractivity contribution in [3.63, 3.8) is 0 Å². The molecule has 0 saturated heterocycles. The van der Waals surface area contributed by atoms with Crippen LogP contribution in [0.2, 0.25) is 0 Å². The van der Waals surface area contributed by atoms with Crippen LogP contribution in [-0.4, -0.2) is 5.78 Å². The molecule has 0 bridgehead atoms. The van der Waals surface area contributed by atoms with Crippen molar-refractivity contribution in [3.8, 4) is 0 Å². The Morgan fingerprint density at radius 2 is 2.38 bits per heavy atom. The smallest absolute Gasteiger partial charge is 0.185 e. The molecule has 0 fully saturated rings. The Labute approximate surface area is 49.0 Å². The zero-order chi connectivity index (χ0) is 6.41. The van der Waals surface area contributed by atoms with Gasteiger partial charge in [-0.2, -0.15) is 0 Å². The Morgan fingerprint density at radius 3 is 2.75 bits per heavy atom. The minimum atomic E-state index is -0.0671. The zero-order valence-corrected chi connectivity index (χ0v) is 4.85. The van der Waals surface area contributed by atoms with E-state index >= 15 is 0 Å². The van der Waals surface area contributed by atoms with Crippen LogP contribution in [0.15, 0.2) is 30.5 Å². The maximum absolute atomic E-state index is 10.4. The van der Waals surface area contributed by atoms with E-state index in [4.69, 9.17) is 0 Å². The summed E-state index contributed by atoms with van der Waals surface area (Å²) in [6, 6.07) is 0. The number of hydrogen-bond acceptors (Lipinski definition) is 1. The summed E-state index contributed by atoms with van der Waals surface area (Å²) in [4.78, 5) is 10.4. The topological polar surface area (TPSA) is 17.1 Å². The maximum Gasteiger partial charge on any atom is 0.185 e. The van der Waals surface area contributed by atoms with Crippen LogP contribution in [0.5, 0.6) is 0 Å². The van der Waals surface area contributed by atoms with Gasteiger partial charge in [-0.3, -0.25) is 4.79 Å². The molecule has 0 aliphatic rings. The van der Waals surface area contributed by atoms with Crippen molar-refractivity contribution >= 4 is 5.78 Å². The van der Waals surface area contributed by atoms with Crippen LogP contribution in [0.1, 0.15) is 6.92 Å². The number of carbonyl (C=O) groups is 1. The highest BCUT2D eigenvalue weighted by Gasteiger charge is 1.80. The normalized spacial score (nSPS) is 8.62. The average Bonchev–Trinajstić information content (AvgIpc) is 1.68. The van der Waals surface area contributed by atoms with Crippen molar-refractivity contribution in [1.29, 1.82) is 0 Å². The van der Waals surface area contributed by atoms with Gasteiger partial charge in [0.05, 0.1) is 0 Å². The SMILES string of the molecule is C=C=CC(=O)/C=C/C. The molecule has 0 saturated carbocycles. The van der Waals surface area contributed by atoms with Gasteiger partial charge in [0.1, 0.15) is 0 Å². The second-order valence-corrected chi connectivity index (χ2v) is 1.25. The van der Waals surface area contributed by atoms with Gasteiger partial charge in [0.25, 0.3) is 0 Å². The summed E-state index contributed by atoms with van der Waals surface area (Å²) in [6.45, 7) is 5.03. The van der Waals surface area contributed by atoms with E-state index in [1.807, 2.05) is 0 Å². The Kier molecular flexibility index (Phi) is 3.55. The number of hydrogen-bond donors (Lipinski definition) is 0. The van der Waals surface area contributed by atoms with Crippen LogP contribution in [0.25, 0.3) is 0 Å². The van der Waals surface area contributed by atoms with Crippen molar-refractivity contribution in [2.45, 2.75) is 6.92 Å². The van der Waals surface area contributed by atoms with Gasteiger partial charge in [-0.1, -0.05) is 12.7 Å². The number of allylic oxidation sites excluding steroid dienone is 3. The lowest BCUT2D eigenvalue weighted by atomic mass is 10.3. The van der Waals surface area contributed by atoms with Crippen molar-refractivity contribution in [2.75, 3.05) is 0 Å². The predicted octanol–water partition coefficient (Wildman–Crippen LogP) is 1.47. The van der Waals surface area contributed by atoms with E-state index in [1.54, 1.807) is 13.0 Å². The van der Waals surface area contributed by atoms with Gasteiger partial charge in [-0.25, -0.2) is 0 Å². The van der Waals surface area contributed by atoms with Gasteiger partial charge in [0.15, 0.2) is 5.78 Å². The molecule has 0 aliphatic carbocycles. The van der Waals surface area contributed by atoms with Crippen molar-refractivity contribution in [2.24, 2.45) is 0 Å². The third kappa shape index (κ3) is 3.13. The number of carbonyl (C=O) groups excluding carboxylic acids is 1. The summed E-state index contributed by atoms with van der Waals surface area (Å²) < 4.78 is 0. The Balaban J connectivity index is 3.84. The van der Waals surface area contributed by atoms with E-state index in [1.165, 1.54) is 12.2 Å². The molecular weight excluding hydrogens is 100 g/mol. The van der Waals surface area contributed by atoms with E-state index in [-0.39, 0.29) is 5.78 Å². The monoisotopic (exact) mass is 108 g/mol. The number of rotatable bonds is 2. The molecule has 42 valence electrons. The van der Waals surface area contributed by atoms with Crippen molar-refractivity contribution < 1.29 is 4.79 Å². The Morgan fingerprint density at radius 1 is 1.75 bits per heavy atom. The largest absolute Gasteiger partial charge is 0.289 e. The number of ketones is 1. The standard InChI is InChI=1S/C7H8O/c1-3-5-7(8)6-4-2/h4-6H,1H2,2H3/b6-4+. The van der Waals surface area contributed by atoms with E-state index in [9.17, 15) is 4.79 Å². The predicted molar refractivity (Wildman–Crippen MR) is 33.5 cm³/mol. The summed E-state index contributed by atoms with van der Waals surface area (Å²) in [5.41, 5.74) is 2.38. The molecule has 0 aromatic heterocycles. The summed E-state index contributed by atoms with van der Waals surface area (Å²) in [7, 11) is 0. The Bertz CT molecular complexity index is 148. The van der Waals surface area contributed by atoms with Gasteiger partial charge in [0.2, 0.25) is 0 Å². The average molecular weight is 108 g/mol. The highest BCUT2D eigenvalue weighted by atomic mass is 16.1. The van der Waals surface area contributed by atoms with E-state index in [0.717, 1.165) is 0 Å². The maximum atomic E-state index is 10.4. The third-order valence-electron chi connectivity index (χ3n) is 0.575. The van der Waals surface area contributed by atoms with Gasteiger partial charge >= 0.3 is 0 Å². The van der Waals surface area contributed by atoms with Crippen LogP contribution >= 0.6 is 0 Å². The van der Waals surface area contributed by atoms with Crippen molar-refractivity contribution in [3.05, 3.63) is 30.5 Å². The highest BCUT2D eigenvalue weighted by Crippen LogP contribution is 1.75. The molecule has 0 N–H and O–H groups in total. The highest BCUT2D eigenvalue weighted by molar-refractivity contribution is 5.98. The molecule has 0 radical (unpaired) electrons. The lowest BCUT2D eigenvalue weighted by Crippen LogP contribution is -1.80. The molecule has 1 heteroatoms. The van der Waals surface area contributed by atoms with Gasteiger partial charge < -0.3 is 0 Å². The van der Waals surface area contributed by atoms with Gasteiger partial charge in [-0.15, -0.1) is 5.73 Å². The van der Waals surface area contributed by atoms with E-state index in [2.05, 4.69) is 12.3 Å². The molecule has 0 aliphatic heterocycles. The summed E-state index contributed by atoms with van der Waals surface area (Å²) in [5, 5.41) is 0. The fourth-order valence-electron chi connectivity index (χ4n) is 0.313. The first-order chi connectivity index (χ1) is 3.81. The van der Waals surface area contributed by atoms with Crippen LogP contribution < -0.4 is 0 Å². The molecule has 0 aromatic rings. The fraction of sp³-hybridized carbons (Fsp3) is 0.143. The van der Waals surface area contributed by atoms with E-state index in [0.29, 0.717) is 0 Å². The minimum Gasteiger partial charge on any atom is -0.289 e. The second kappa shape index (κ2) is 4.10. The minimum absolute atomic E-state index is 0.0671. The molecule has 0 unspecified atom stereocenters. The summed E-state index contributed by atoms with van der Waals surface area (Å²) >= 11 is 0. The van der Waals surface area contributed by atoms with Crippen molar-refractivity contribution in [1.82, 2.24) is 0 Å². The lowest BCUT2D eigenvalue weighted by molar-refractivity contribution is -0.110. The zero-order valence-electron chi connectivity index (χ0n) is 4.85. The lowest BCUT2D eigenvalue weighted by Gasteiger charge is -1.72. The summed E-state index contributed by atoms with van der Waals surface area (Å²) in [5.74, 6) is -0.0671. The van der Waals surface area contributed by atoms with Gasteiger partial charge in [0, 0.05) is 6.08 Å². The second-order valence-electron chi connectivity index (χ2n) is 1.25. The third-order valence-corrected chi connectivity index (χ3v) is 0.575. The first kappa shape index (κ1) is 6.93. The molecular formula is C7H8O. The van der Waals surface area contributed by atoms with Crippen LogP contribution in [0.4, 0.5) is 0 Å². The molecule has 1 nitrogen and oxygen atoms in total. The first-order valence-corrected chi connectivity index (χ1v) is 2.33. The molecule has 0 heterocycles. The molecule has 0 aromatic carbocycles. The van der Waals surface area contributed by atoms with Crippen LogP contribution in [0, 0.1) is 0 Å². The first-order valence-electron chi connectivity index (χ1n) is 2.33.